The molecule has 0 bridgehead atoms. The number of urea groups is 1. The number of aliphatic hydroxyl groups is 1. The summed E-state index contributed by atoms with van der Waals surface area (Å²) in [4.78, 5) is 10.5. The van der Waals surface area contributed by atoms with E-state index in [9.17, 15) is 4.79 Å². The lowest BCUT2D eigenvalue weighted by Crippen LogP contribution is -2.49. The van der Waals surface area contributed by atoms with Crippen molar-refractivity contribution in [1.29, 1.82) is 0 Å². The molecule has 1 radical (unpaired) electrons. The molecule has 0 aromatic heterocycles. The van der Waals surface area contributed by atoms with Gasteiger partial charge in [-0.3, -0.25) is 10.4 Å². The van der Waals surface area contributed by atoms with Gasteiger partial charge in [-0.25, -0.2) is 16.5 Å². The number of carbonyl (C=O) groups is 1. The molecule has 0 spiro atoms. The number of aliphatic hydroxyl groups excluding tert-OH is 1. The Morgan fingerprint density at radius 2 is 2.40 bits per heavy atom. The Bertz CT molecular complexity index is 116. The van der Waals surface area contributed by atoms with Gasteiger partial charge in [0.2, 0.25) is 0 Å². The van der Waals surface area contributed by atoms with Gasteiger partial charge in [0.05, 0.1) is 12.6 Å². The lowest BCUT2D eigenvalue weighted by atomic mass is 10.4. The van der Waals surface area contributed by atoms with Crippen molar-refractivity contribution in [3.63, 3.8) is 0 Å². The number of amides is 2. The maximum Gasteiger partial charge on any atom is 0.345 e. The van der Waals surface area contributed by atoms with Gasteiger partial charge in [0, 0.05) is 0 Å². The van der Waals surface area contributed by atoms with Crippen LogP contribution in [0.4, 0.5) is 4.79 Å². The Morgan fingerprint density at radius 1 is 1.90 bits per heavy atom. The van der Waals surface area contributed by atoms with Crippen LogP contribution >= 0.6 is 0 Å². The highest BCUT2D eigenvalue weighted by Gasteiger charge is 2.08. The number of nitrogens with zero attached hydrogens (tertiary/aromatic N) is 1. The summed E-state index contributed by atoms with van der Waals surface area (Å²) in [5.41, 5.74) is 1.79. The third kappa shape index (κ3) is 3.23. The van der Waals surface area contributed by atoms with E-state index in [4.69, 9.17) is 16.8 Å². The van der Waals surface area contributed by atoms with Crippen molar-refractivity contribution in [2.75, 3.05) is 6.54 Å². The summed E-state index contributed by atoms with van der Waals surface area (Å²) < 4.78 is 0. The zero-order valence-corrected chi connectivity index (χ0v) is 5.45. The van der Waals surface area contributed by atoms with E-state index in [2.05, 4.69) is 6.92 Å². The van der Waals surface area contributed by atoms with Crippen LogP contribution in [0.15, 0.2) is 0 Å². The maximum absolute atomic E-state index is 10.5. The van der Waals surface area contributed by atoms with Crippen molar-refractivity contribution in [3.05, 3.63) is 6.92 Å². The molecule has 0 rings (SSSR count). The first-order chi connectivity index (χ1) is 4.57. The van der Waals surface area contributed by atoms with Crippen LogP contribution in [-0.4, -0.2) is 28.8 Å². The zero-order valence-electron chi connectivity index (χ0n) is 5.45. The van der Waals surface area contributed by atoms with Crippen molar-refractivity contribution in [3.8, 4) is 0 Å². The van der Waals surface area contributed by atoms with Gasteiger partial charge in [0.15, 0.2) is 0 Å². The Balaban J connectivity index is 3.61. The van der Waals surface area contributed by atoms with Crippen LogP contribution in [0.2, 0.25) is 0 Å². The Kier molecular flexibility index (Phi) is 3.70. The summed E-state index contributed by atoms with van der Waals surface area (Å²) in [7, 11) is 0. The van der Waals surface area contributed by atoms with Gasteiger partial charge in [-0.1, -0.05) is 0 Å². The topological polar surface area (TPSA) is 105 Å². The lowest BCUT2D eigenvalue weighted by Gasteiger charge is -2.16. The fourth-order valence-corrected chi connectivity index (χ4v) is 0.393. The molecule has 6 nitrogen and oxygen atoms in total. The first-order valence-corrected chi connectivity index (χ1v) is 2.62. The van der Waals surface area contributed by atoms with Crippen LogP contribution in [0, 0.1) is 6.92 Å². The molecular formula is C4H11N4O2. The molecule has 0 aliphatic carbocycles. The molecule has 0 aromatic carbocycles. The molecule has 0 aromatic rings. The van der Waals surface area contributed by atoms with Gasteiger partial charge in [0.25, 0.3) is 0 Å². The number of rotatable bonds is 2. The summed E-state index contributed by atoms with van der Waals surface area (Å²) >= 11 is 0. The SMILES string of the molecule is [CH2]C(O)CN(N)C(=O)NN. The standard InChI is InChI=1S/C4H11N4O2/c1-3(9)2-8(6)4(10)7-5/h3,9H,1-2,5-6H2,(H,7,10). The third-order valence-electron chi connectivity index (χ3n) is 0.792. The Hall–Kier alpha value is -0.850. The van der Waals surface area contributed by atoms with E-state index in [1.807, 2.05) is 0 Å². The van der Waals surface area contributed by atoms with E-state index in [1.54, 1.807) is 5.43 Å². The summed E-state index contributed by atoms with van der Waals surface area (Å²) in [6, 6.07) is -0.664. The van der Waals surface area contributed by atoms with Crippen LogP contribution in [-0.2, 0) is 0 Å². The first-order valence-electron chi connectivity index (χ1n) is 2.62. The lowest BCUT2D eigenvalue weighted by molar-refractivity contribution is 0.148. The van der Waals surface area contributed by atoms with Crippen molar-refractivity contribution < 1.29 is 9.90 Å². The van der Waals surface area contributed by atoms with Crippen LogP contribution in [0.3, 0.4) is 0 Å². The molecule has 6 N–H and O–H groups in total. The predicted octanol–water partition coefficient (Wildman–Crippen LogP) is -2.06. The molecule has 10 heavy (non-hydrogen) atoms. The summed E-state index contributed by atoms with van der Waals surface area (Å²) in [6.45, 7) is 3.16. The zero-order chi connectivity index (χ0) is 8.15. The second-order valence-electron chi connectivity index (χ2n) is 1.76. The smallest absolute Gasteiger partial charge is 0.345 e. The van der Waals surface area contributed by atoms with E-state index >= 15 is 0 Å². The normalized spacial score (nSPS) is 12.4. The molecule has 0 aliphatic heterocycles. The van der Waals surface area contributed by atoms with Crippen LogP contribution in [0.25, 0.3) is 0 Å². The molecule has 1 atom stereocenters. The number of hydrazine groups is 2. The molecule has 2 amide bonds. The first kappa shape index (κ1) is 9.15. The van der Waals surface area contributed by atoms with Crippen LogP contribution in [0.1, 0.15) is 0 Å². The van der Waals surface area contributed by atoms with E-state index in [-0.39, 0.29) is 6.54 Å². The quantitative estimate of drug-likeness (QED) is 0.205. The molecule has 0 saturated heterocycles. The van der Waals surface area contributed by atoms with Crippen molar-refractivity contribution in [2.24, 2.45) is 11.7 Å². The minimum absolute atomic E-state index is 0.0525. The second kappa shape index (κ2) is 4.04. The fourth-order valence-electron chi connectivity index (χ4n) is 0.393. The van der Waals surface area contributed by atoms with Gasteiger partial charge in [-0.15, -0.1) is 0 Å². The van der Waals surface area contributed by atoms with Crippen LogP contribution < -0.4 is 17.1 Å². The highest BCUT2D eigenvalue weighted by molar-refractivity contribution is 5.72. The molecular weight excluding hydrogens is 136 g/mol. The number of nitrogens with one attached hydrogen (secondary N) is 1. The van der Waals surface area contributed by atoms with Gasteiger partial charge in [-0.2, -0.15) is 0 Å². The van der Waals surface area contributed by atoms with Gasteiger partial charge >= 0.3 is 6.03 Å². The van der Waals surface area contributed by atoms with Crippen molar-refractivity contribution in [2.45, 2.75) is 6.10 Å². The Morgan fingerprint density at radius 3 is 2.70 bits per heavy atom. The minimum atomic E-state index is -0.901. The minimum Gasteiger partial charge on any atom is -0.391 e. The number of hydrogen-bond donors (Lipinski definition) is 4. The average Bonchev–Trinajstić information content (AvgIpc) is 1.85. The molecule has 0 fully saturated rings. The summed E-state index contributed by atoms with van der Waals surface area (Å²) in [5, 5.41) is 9.35. The van der Waals surface area contributed by atoms with Gasteiger partial charge < -0.3 is 5.11 Å². The highest BCUT2D eigenvalue weighted by Crippen LogP contribution is 1.83. The van der Waals surface area contributed by atoms with Crippen molar-refractivity contribution in [1.82, 2.24) is 10.4 Å². The van der Waals surface area contributed by atoms with E-state index in [0.29, 0.717) is 0 Å². The van der Waals surface area contributed by atoms with E-state index in [1.165, 1.54) is 0 Å². The molecule has 59 valence electrons. The monoisotopic (exact) mass is 147 g/mol. The third-order valence-corrected chi connectivity index (χ3v) is 0.792. The summed E-state index contributed by atoms with van der Waals surface area (Å²) in [5.74, 6) is 9.80. The van der Waals surface area contributed by atoms with Gasteiger partial charge in [-0.05, 0) is 6.92 Å². The van der Waals surface area contributed by atoms with Gasteiger partial charge in [0.1, 0.15) is 0 Å². The van der Waals surface area contributed by atoms with E-state index in [0.717, 1.165) is 5.01 Å². The largest absolute Gasteiger partial charge is 0.391 e. The highest BCUT2D eigenvalue weighted by atomic mass is 16.3. The number of nitrogens with two attached hydrogens (primary N) is 2. The predicted molar refractivity (Wildman–Crippen MR) is 35.0 cm³/mol. The molecule has 1 unspecified atom stereocenters. The van der Waals surface area contributed by atoms with Crippen LogP contribution in [0.5, 0.6) is 0 Å². The molecule has 0 saturated carbocycles. The summed E-state index contributed by atoms with van der Waals surface area (Å²) in [6.07, 6.45) is -0.901. The number of hydrogen-bond acceptors (Lipinski definition) is 4. The fraction of sp³-hybridized carbons (Fsp3) is 0.500. The van der Waals surface area contributed by atoms with Crippen molar-refractivity contribution >= 4 is 6.03 Å². The molecule has 0 aliphatic rings. The average molecular weight is 147 g/mol. The molecule has 6 heteroatoms. The Labute approximate surface area is 58.7 Å². The molecule has 0 heterocycles. The number of carbonyl (C=O) groups excluding carboxylic acids is 1. The maximum atomic E-state index is 10.5. The van der Waals surface area contributed by atoms with E-state index < -0.39 is 12.1 Å². The second-order valence-corrected chi connectivity index (χ2v) is 1.76.